The van der Waals surface area contributed by atoms with Gasteiger partial charge in [0.1, 0.15) is 5.56 Å². The maximum absolute atomic E-state index is 13.5. The minimum Gasteiger partial charge on any atom is -0.477 e. The third kappa shape index (κ3) is 4.46. The number of pyridine rings is 1. The van der Waals surface area contributed by atoms with E-state index in [1.165, 1.54) is 18.3 Å². The summed E-state index contributed by atoms with van der Waals surface area (Å²) in [6.07, 6.45) is 1.44. The van der Waals surface area contributed by atoms with Gasteiger partial charge < -0.3 is 15.4 Å². The van der Waals surface area contributed by atoms with E-state index in [1.54, 1.807) is 6.92 Å². The van der Waals surface area contributed by atoms with Gasteiger partial charge in [-0.1, -0.05) is 0 Å². The van der Waals surface area contributed by atoms with Crippen LogP contribution in [-0.2, 0) is 4.79 Å². The summed E-state index contributed by atoms with van der Waals surface area (Å²) in [6.45, 7) is 1.51. The molecule has 2 aromatic rings. The third-order valence-electron chi connectivity index (χ3n) is 3.02. The molecule has 0 fully saturated rings. The number of amides is 2. The molecule has 0 bridgehead atoms. The van der Waals surface area contributed by atoms with Crippen LogP contribution in [0, 0.1) is 17.5 Å². The Labute approximate surface area is 141 Å². The Morgan fingerprint density at radius 1 is 1.16 bits per heavy atom. The number of benzene rings is 1. The van der Waals surface area contributed by atoms with Crippen molar-refractivity contribution in [3.05, 3.63) is 53.5 Å². The van der Waals surface area contributed by atoms with Crippen molar-refractivity contribution in [2.45, 2.75) is 6.92 Å². The first-order valence-electron chi connectivity index (χ1n) is 7.23. The van der Waals surface area contributed by atoms with Crippen molar-refractivity contribution in [2.24, 2.45) is 0 Å². The van der Waals surface area contributed by atoms with Gasteiger partial charge in [0.25, 0.3) is 5.91 Å². The molecule has 0 unspecified atom stereocenters. The molecular formula is C16H14F3N3O3. The number of hydrogen-bond donors (Lipinski definition) is 2. The lowest BCUT2D eigenvalue weighted by Gasteiger charge is -2.10. The van der Waals surface area contributed by atoms with Crippen molar-refractivity contribution in [3.63, 3.8) is 0 Å². The molecule has 2 N–H and O–H groups in total. The van der Waals surface area contributed by atoms with Gasteiger partial charge >= 0.3 is 0 Å². The van der Waals surface area contributed by atoms with Crippen LogP contribution < -0.4 is 15.4 Å². The van der Waals surface area contributed by atoms with Crippen LogP contribution >= 0.6 is 0 Å². The smallest absolute Gasteiger partial charge is 0.257 e. The average Bonchev–Trinajstić information content (AvgIpc) is 2.61. The normalized spacial score (nSPS) is 10.2. The number of hydrogen-bond acceptors (Lipinski definition) is 4. The summed E-state index contributed by atoms with van der Waals surface area (Å²) in [5.74, 6) is -5.93. The van der Waals surface area contributed by atoms with Gasteiger partial charge in [0.2, 0.25) is 11.8 Å². The number of rotatable bonds is 6. The number of aromatic nitrogens is 1. The molecule has 2 rings (SSSR count). The van der Waals surface area contributed by atoms with E-state index in [4.69, 9.17) is 4.74 Å². The highest BCUT2D eigenvalue weighted by molar-refractivity contribution is 6.00. The molecule has 1 aromatic carbocycles. The second-order valence-corrected chi connectivity index (χ2v) is 4.74. The summed E-state index contributed by atoms with van der Waals surface area (Å²) in [5.41, 5.74) is -0.411. The van der Waals surface area contributed by atoms with E-state index in [-0.39, 0.29) is 11.4 Å². The summed E-state index contributed by atoms with van der Waals surface area (Å²) < 4.78 is 44.6. The zero-order chi connectivity index (χ0) is 18.4. The topological polar surface area (TPSA) is 80.3 Å². The van der Waals surface area contributed by atoms with Crippen LogP contribution in [0.4, 0.5) is 18.9 Å². The average molecular weight is 353 g/mol. The zero-order valence-corrected chi connectivity index (χ0v) is 13.1. The quantitative estimate of drug-likeness (QED) is 0.781. The maximum atomic E-state index is 13.5. The van der Waals surface area contributed by atoms with E-state index in [2.05, 4.69) is 10.3 Å². The molecule has 0 aliphatic rings. The fraction of sp³-hybridized carbons (Fsp3) is 0.188. The highest BCUT2D eigenvalue weighted by atomic mass is 19.2. The molecule has 2 amide bonds. The number of halogens is 3. The van der Waals surface area contributed by atoms with Gasteiger partial charge in [-0.2, -0.15) is 0 Å². The lowest BCUT2D eigenvalue weighted by atomic mass is 10.2. The first-order chi connectivity index (χ1) is 11.9. The van der Waals surface area contributed by atoms with Crippen molar-refractivity contribution in [1.29, 1.82) is 0 Å². The van der Waals surface area contributed by atoms with E-state index >= 15 is 0 Å². The summed E-state index contributed by atoms with van der Waals surface area (Å²) in [4.78, 5) is 27.7. The first-order valence-corrected chi connectivity index (χ1v) is 7.23. The summed E-state index contributed by atoms with van der Waals surface area (Å²) in [6, 6.07) is 4.53. The summed E-state index contributed by atoms with van der Waals surface area (Å²) in [7, 11) is 0. The van der Waals surface area contributed by atoms with Crippen LogP contribution in [0.15, 0.2) is 30.5 Å². The number of nitrogens with one attached hydrogen (secondary N) is 2. The van der Waals surface area contributed by atoms with Gasteiger partial charge in [-0.05, 0) is 31.2 Å². The second-order valence-electron chi connectivity index (χ2n) is 4.74. The van der Waals surface area contributed by atoms with E-state index in [0.717, 1.165) is 6.07 Å². The largest absolute Gasteiger partial charge is 0.477 e. The highest BCUT2D eigenvalue weighted by Crippen LogP contribution is 2.19. The number of ether oxygens (including phenoxy) is 1. The molecule has 132 valence electrons. The van der Waals surface area contributed by atoms with E-state index in [9.17, 15) is 22.8 Å². The van der Waals surface area contributed by atoms with Crippen LogP contribution in [-0.4, -0.2) is 29.9 Å². The molecule has 0 saturated carbocycles. The molecule has 0 aliphatic heterocycles. The standard InChI is InChI=1S/C16H14F3N3O3/c1-2-25-16-9(4-3-7-20-16)15(24)21-8-12(23)22-11-6-5-10(17)13(18)14(11)19/h3-7H,2,8H2,1H3,(H,21,24)(H,22,23). The van der Waals surface area contributed by atoms with Crippen molar-refractivity contribution in [1.82, 2.24) is 10.3 Å². The molecule has 0 spiro atoms. The van der Waals surface area contributed by atoms with Crippen LogP contribution in [0.2, 0.25) is 0 Å². The first kappa shape index (κ1) is 18.2. The molecule has 0 saturated heterocycles. The summed E-state index contributed by atoms with van der Waals surface area (Å²) >= 11 is 0. The van der Waals surface area contributed by atoms with Crippen molar-refractivity contribution < 1.29 is 27.5 Å². The van der Waals surface area contributed by atoms with Crippen molar-refractivity contribution in [3.8, 4) is 5.88 Å². The van der Waals surface area contributed by atoms with E-state index in [0.29, 0.717) is 12.7 Å². The molecule has 0 aliphatic carbocycles. The Morgan fingerprint density at radius 2 is 1.92 bits per heavy atom. The number of carbonyl (C=O) groups is 2. The predicted octanol–water partition coefficient (Wildman–Crippen LogP) is 2.27. The molecule has 0 atom stereocenters. The number of anilines is 1. The van der Waals surface area contributed by atoms with Gasteiger partial charge in [0.05, 0.1) is 18.8 Å². The monoisotopic (exact) mass is 353 g/mol. The van der Waals surface area contributed by atoms with Crippen LogP contribution in [0.3, 0.4) is 0 Å². The third-order valence-corrected chi connectivity index (χ3v) is 3.02. The van der Waals surface area contributed by atoms with Crippen LogP contribution in [0.5, 0.6) is 5.88 Å². The van der Waals surface area contributed by atoms with Gasteiger partial charge in [-0.25, -0.2) is 18.2 Å². The van der Waals surface area contributed by atoms with Gasteiger partial charge in [0, 0.05) is 6.20 Å². The van der Waals surface area contributed by atoms with Gasteiger partial charge in [0.15, 0.2) is 17.5 Å². The zero-order valence-electron chi connectivity index (χ0n) is 13.1. The minimum atomic E-state index is -1.70. The molecule has 1 aromatic heterocycles. The fourth-order valence-corrected chi connectivity index (χ4v) is 1.89. The minimum absolute atomic E-state index is 0.106. The lowest BCUT2D eigenvalue weighted by Crippen LogP contribution is -2.33. The summed E-state index contributed by atoms with van der Waals surface area (Å²) in [5, 5.41) is 4.34. The number of nitrogens with zero attached hydrogens (tertiary/aromatic N) is 1. The Hall–Kier alpha value is -3.10. The van der Waals surface area contributed by atoms with Crippen LogP contribution in [0.1, 0.15) is 17.3 Å². The van der Waals surface area contributed by atoms with Gasteiger partial charge in [-0.3, -0.25) is 9.59 Å². The Balaban J connectivity index is 1.99. The predicted molar refractivity (Wildman–Crippen MR) is 82.7 cm³/mol. The fourth-order valence-electron chi connectivity index (χ4n) is 1.89. The SMILES string of the molecule is CCOc1ncccc1C(=O)NCC(=O)Nc1ccc(F)c(F)c1F. The molecular weight excluding hydrogens is 339 g/mol. The molecule has 9 heteroatoms. The van der Waals surface area contributed by atoms with Crippen molar-refractivity contribution >= 4 is 17.5 Å². The Kier molecular flexibility index (Phi) is 5.93. The van der Waals surface area contributed by atoms with E-state index in [1.807, 2.05) is 5.32 Å². The molecule has 25 heavy (non-hydrogen) atoms. The van der Waals surface area contributed by atoms with Crippen LogP contribution in [0.25, 0.3) is 0 Å². The molecule has 6 nitrogen and oxygen atoms in total. The van der Waals surface area contributed by atoms with Crippen molar-refractivity contribution in [2.75, 3.05) is 18.5 Å². The second kappa shape index (κ2) is 8.13. The molecule has 1 heterocycles. The molecule has 0 radical (unpaired) electrons. The highest BCUT2D eigenvalue weighted by Gasteiger charge is 2.17. The maximum Gasteiger partial charge on any atom is 0.257 e. The lowest BCUT2D eigenvalue weighted by molar-refractivity contribution is -0.115. The Morgan fingerprint density at radius 3 is 2.64 bits per heavy atom. The number of carbonyl (C=O) groups excluding carboxylic acids is 2. The Bertz CT molecular complexity index is 799. The van der Waals surface area contributed by atoms with E-state index < -0.39 is 41.5 Å². The van der Waals surface area contributed by atoms with Gasteiger partial charge in [-0.15, -0.1) is 0 Å².